The van der Waals surface area contributed by atoms with Crippen LogP contribution in [0.15, 0.2) is 41.3 Å². The second-order valence-corrected chi connectivity index (χ2v) is 5.55. The number of furan rings is 1. The minimum atomic E-state index is -0.245. The average molecular weight is 314 g/mol. The Morgan fingerprint density at radius 2 is 2.17 bits per heavy atom. The van der Waals surface area contributed by atoms with Gasteiger partial charge in [-0.1, -0.05) is 13.8 Å². The van der Waals surface area contributed by atoms with Gasteiger partial charge in [0, 0.05) is 6.07 Å². The SMILES string of the molecule is CC(C)[C@@H](Cn1nccn1)NC(=O)c1cc(-c2ccco2)[nH]n1. The predicted octanol–water partition coefficient (Wildman–Crippen LogP) is 1.72. The molecule has 8 heteroatoms. The molecule has 23 heavy (non-hydrogen) atoms. The van der Waals surface area contributed by atoms with Crippen LogP contribution in [0.2, 0.25) is 0 Å². The molecule has 0 aliphatic heterocycles. The predicted molar refractivity (Wildman–Crippen MR) is 82.4 cm³/mol. The number of amides is 1. The van der Waals surface area contributed by atoms with Gasteiger partial charge in [-0.05, 0) is 18.1 Å². The largest absolute Gasteiger partial charge is 0.463 e. The smallest absolute Gasteiger partial charge is 0.272 e. The maximum absolute atomic E-state index is 12.4. The van der Waals surface area contributed by atoms with Crippen LogP contribution in [0, 0.1) is 5.92 Å². The molecule has 0 aliphatic rings. The van der Waals surface area contributed by atoms with E-state index in [-0.39, 0.29) is 17.9 Å². The molecule has 0 bridgehead atoms. The number of H-pyrrole nitrogens is 1. The lowest BCUT2D eigenvalue weighted by molar-refractivity contribution is 0.0912. The van der Waals surface area contributed by atoms with E-state index in [9.17, 15) is 4.79 Å². The molecule has 0 saturated heterocycles. The number of carbonyl (C=O) groups excluding carboxylic acids is 1. The van der Waals surface area contributed by atoms with Crippen molar-refractivity contribution in [2.24, 2.45) is 5.92 Å². The summed E-state index contributed by atoms with van der Waals surface area (Å²) in [6.07, 6.45) is 4.80. The second-order valence-electron chi connectivity index (χ2n) is 5.55. The van der Waals surface area contributed by atoms with Crippen molar-refractivity contribution in [2.75, 3.05) is 0 Å². The Morgan fingerprint density at radius 1 is 1.39 bits per heavy atom. The Morgan fingerprint density at radius 3 is 2.83 bits per heavy atom. The van der Waals surface area contributed by atoms with Gasteiger partial charge in [-0.15, -0.1) is 0 Å². The highest BCUT2D eigenvalue weighted by Crippen LogP contribution is 2.18. The molecule has 3 aromatic rings. The van der Waals surface area contributed by atoms with Gasteiger partial charge in [-0.2, -0.15) is 20.1 Å². The van der Waals surface area contributed by atoms with Crippen molar-refractivity contribution in [1.29, 1.82) is 0 Å². The Labute approximate surface area is 132 Å². The van der Waals surface area contributed by atoms with E-state index in [2.05, 4.69) is 25.7 Å². The minimum absolute atomic E-state index is 0.0985. The highest BCUT2D eigenvalue weighted by atomic mass is 16.3. The van der Waals surface area contributed by atoms with Crippen LogP contribution in [0.1, 0.15) is 24.3 Å². The van der Waals surface area contributed by atoms with E-state index in [0.29, 0.717) is 23.7 Å². The molecular weight excluding hydrogens is 296 g/mol. The summed E-state index contributed by atoms with van der Waals surface area (Å²) < 4.78 is 5.28. The number of nitrogens with zero attached hydrogens (tertiary/aromatic N) is 4. The van der Waals surface area contributed by atoms with E-state index < -0.39 is 0 Å². The fourth-order valence-corrected chi connectivity index (χ4v) is 2.18. The lowest BCUT2D eigenvalue weighted by atomic mass is 10.0. The Hall–Kier alpha value is -2.90. The highest BCUT2D eigenvalue weighted by molar-refractivity contribution is 5.93. The van der Waals surface area contributed by atoms with Crippen LogP contribution < -0.4 is 5.32 Å². The molecule has 0 aromatic carbocycles. The van der Waals surface area contributed by atoms with Gasteiger partial charge in [0.2, 0.25) is 0 Å². The van der Waals surface area contributed by atoms with E-state index >= 15 is 0 Å². The number of rotatable bonds is 6. The van der Waals surface area contributed by atoms with Gasteiger partial charge in [0.25, 0.3) is 5.91 Å². The van der Waals surface area contributed by atoms with Gasteiger partial charge in [0.1, 0.15) is 5.69 Å². The van der Waals surface area contributed by atoms with E-state index in [1.165, 1.54) is 0 Å². The van der Waals surface area contributed by atoms with Crippen LogP contribution in [0.3, 0.4) is 0 Å². The molecule has 8 nitrogen and oxygen atoms in total. The highest BCUT2D eigenvalue weighted by Gasteiger charge is 2.20. The first-order chi connectivity index (χ1) is 11.1. The Balaban J connectivity index is 1.69. The molecule has 0 fully saturated rings. The van der Waals surface area contributed by atoms with Gasteiger partial charge in [0.15, 0.2) is 11.5 Å². The first-order valence-corrected chi connectivity index (χ1v) is 7.37. The third-order valence-corrected chi connectivity index (χ3v) is 3.54. The van der Waals surface area contributed by atoms with Crippen molar-refractivity contribution >= 4 is 5.91 Å². The topological polar surface area (TPSA) is 102 Å². The molecule has 0 radical (unpaired) electrons. The fourth-order valence-electron chi connectivity index (χ4n) is 2.18. The second kappa shape index (κ2) is 6.47. The molecule has 0 unspecified atom stereocenters. The molecule has 0 spiro atoms. The molecule has 3 heterocycles. The maximum atomic E-state index is 12.4. The van der Waals surface area contributed by atoms with Crippen LogP contribution in [-0.4, -0.2) is 37.1 Å². The van der Waals surface area contributed by atoms with Gasteiger partial charge in [-0.25, -0.2) is 0 Å². The number of aromatic amines is 1. The van der Waals surface area contributed by atoms with E-state index in [1.54, 1.807) is 41.7 Å². The van der Waals surface area contributed by atoms with Crippen LogP contribution in [0.5, 0.6) is 0 Å². The summed E-state index contributed by atoms with van der Waals surface area (Å²) in [5.41, 5.74) is 0.977. The zero-order valence-corrected chi connectivity index (χ0v) is 12.9. The molecule has 3 aromatic heterocycles. The third kappa shape index (κ3) is 3.47. The van der Waals surface area contributed by atoms with Crippen LogP contribution in [0.4, 0.5) is 0 Å². The third-order valence-electron chi connectivity index (χ3n) is 3.54. The maximum Gasteiger partial charge on any atom is 0.272 e. The van der Waals surface area contributed by atoms with Crippen molar-refractivity contribution in [3.63, 3.8) is 0 Å². The van der Waals surface area contributed by atoms with Crippen molar-refractivity contribution in [3.8, 4) is 11.5 Å². The summed E-state index contributed by atoms with van der Waals surface area (Å²) in [5.74, 6) is 0.621. The molecule has 1 amide bonds. The molecular formula is C15H18N6O2. The summed E-state index contributed by atoms with van der Waals surface area (Å²) in [4.78, 5) is 14.0. The zero-order valence-electron chi connectivity index (χ0n) is 12.9. The van der Waals surface area contributed by atoms with E-state index in [0.717, 1.165) is 0 Å². The molecule has 0 aliphatic carbocycles. The van der Waals surface area contributed by atoms with E-state index in [1.807, 2.05) is 13.8 Å². The number of hydrogen-bond acceptors (Lipinski definition) is 5. The number of aromatic nitrogens is 5. The van der Waals surface area contributed by atoms with Gasteiger partial charge in [-0.3, -0.25) is 9.89 Å². The van der Waals surface area contributed by atoms with Gasteiger partial charge in [0.05, 0.1) is 31.2 Å². The molecule has 0 saturated carbocycles. The number of carbonyl (C=O) groups is 1. The number of hydrogen-bond donors (Lipinski definition) is 2. The molecule has 1 atom stereocenters. The lowest BCUT2D eigenvalue weighted by Crippen LogP contribution is -2.42. The lowest BCUT2D eigenvalue weighted by Gasteiger charge is -2.21. The Kier molecular flexibility index (Phi) is 4.22. The summed E-state index contributed by atoms with van der Waals surface area (Å²) in [6.45, 7) is 4.58. The molecule has 3 rings (SSSR count). The Bertz CT molecular complexity index is 745. The first kappa shape index (κ1) is 15.0. The fraction of sp³-hybridized carbons (Fsp3) is 0.333. The molecule has 120 valence electrons. The van der Waals surface area contributed by atoms with Crippen molar-refractivity contribution < 1.29 is 9.21 Å². The van der Waals surface area contributed by atoms with E-state index in [4.69, 9.17) is 4.42 Å². The quantitative estimate of drug-likeness (QED) is 0.721. The summed E-state index contributed by atoms with van der Waals surface area (Å²) >= 11 is 0. The minimum Gasteiger partial charge on any atom is -0.463 e. The normalized spacial score (nSPS) is 12.5. The van der Waals surface area contributed by atoms with Gasteiger partial charge >= 0.3 is 0 Å². The summed E-state index contributed by atoms with van der Waals surface area (Å²) in [5, 5.41) is 18.0. The van der Waals surface area contributed by atoms with Crippen LogP contribution in [0.25, 0.3) is 11.5 Å². The standard InChI is InChI=1S/C15H18N6O2/c1-10(2)13(9-21-16-5-6-17-21)18-15(22)12-8-11(19-20-12)14-4-3-7-23-14/h3-8,10,13H,9H2,1-2H3,(H,18,22)(H,19,20)/t13-/m1/s1. The average Bonchev–Trinajstić information content (AvgIpc) is 3.27. The summed E-state index contributed by atoms with van der Waals surface area (Å²) in [6, 6.07) is 5.15. The number of nitrogens with one attached hydrogen (secondary N) is 2. The first-order valence-electron chi connectivity index (χ1n) is 7.37. The van der Waals surface area contributed by atoms with Crippen molar-refractivity contribution in [2.45, 2.75) is 26.4 Å². The van der Waals surface area contributed by atoms with Gasteiger partial charge < -0.3 is 9.73 Å². The van der Waals surface area contributed by atoms with Crippen LogP contribution >= 0.6 is 0 Å². The van der Waals surface area contributed by atoms with Crippen molar-refractivity contribution in [1.82, 2.24) is 30.5 Å². The molecule has 2 N–H and O–H groups in total. The monoisotopic (exact) mass is 314 g/mol. The zero-order chi connectivity index (χ0) is 16.2. The summed E-state index contributed by atoms with van der Waals surface area (Å²) in [7, 11) is 0. The van der Waals surface area contributed by atoms with Crippen molar-refractivity contribution in [3.05, 3.63) is 42.5 Å². The van der Waals surface area contributed by atoms with Crippen LogP contribution in [-0.2, 0) is 6.54 Å².